The van der Waals surface area contributed by atoms with Crippen LogP contribution in [0.15, 0.2) is 0 Å². The zero-order valence-corrected chi connectivity index (χ0v) is 38.7. The molecular formula is C24H63NO18Si6. The van der Waals surface area contributed by atoms with Crippen LogP contribution in [-0.4, -0.2) is 194 Å². The number of nitrogens with one attached hydrogen (secondary N) is 1. The SMILES string of the molecule is CO[Si](OC)(OC)C(CCNCCC([Si](OC)(OC)OC)([Si](OC)(OC)OC)[Si](OC)(OC)OC)([Si](OC)(OC)OC)[Si](OC)(OC)OC. The minimum Gasteiger partial charge on any atom is -0.377 e. The second-order valence-corrected chi connectivity index (χ2v) is 32.2. The van der Waals surface area contributed by atoms with Crippen molar-refractivity contribution in [1.29, 1.82) is 0 Å². The van der Waals surface area contributed by atoms with Gasteiger partial charge in [0.15, 0.2) is 8.57 Å². The Hall–Kier alpha value is 0.541. The molecular weight excluding hydrogens is 759 g/mol. The first kappa shape index (κ1) is 49.5. The third-order valence-electron chi connectivity index (χ3n) is 9.33. The standard InChI is InChI=1S/C24H63NO18Si6/c1-26-44(27-2,28-3)23(45(29-4,30-5)31-6,46(32-7,33-8)34-9)19-21-25-22-20-24(47(35-10,36-11)37-12,48(38-13,39-14)40-15)49(41-16,42-17)43-18/h25H,19-22H2,1-18H3. The van der Waals surface area contributed by atoms with Crippen LogP contribution >= 0.6 is 0 Å². The molecule has 0 aliphatic heterocycles. The van der Waals surface area contributed by atoms with Crippen molar-refractivity contribution in [2.75, 3.05) is 141 Å². The maximum atomic E-state index is 6.13. The van der Waals surface area contributed by atoms with Gasteiger partial charge in [-0.15, -0.1) is 0 Å². The van der Waals surface area contributed by atoms with Gasteiger partial charge >= 0.3 is 52.8 Å². The van der Waals surface area contributed by atoms with Crippen LogP contribution in [-0.2, 0) is 79.7 Å². The first-order valence-electron chi connectivity index (χ1n) is 14.9. The van der Waals surface area contributed by atoms with Crippen molar-refractivity contribution in [3.63, 3.8) is 0 Å². The lowest BCUT2D eigenvalue weighted by molar-refractivity contribution is 0.0293. The molecule has 0 atom stereocenters. The highest BCUT2D eigenvalue weighted by Crippen LogP contribution is 2.59. The molecule has 19 nitrogen and oxygen atoms in total. The molecule has 0 aromatic rings. The van der Waals surface area contributed by atoms with Gasteiger partial charge in [0.1, 0.15) is 0 Å². The smallest absolute Gasteiger partial charge is 0.377 e. The molecule has 0 rings (SSSR count). The van der Waals surface area contributed by atoms with Gasteiger partial charge in [0.2, 0.25) is 0 Å². The Morgan fingerprint density at radius 3 is 0.490 bits per heavy atom. The van der Waals surface area contributed by atoms with E-state index in [1.807, 2.05) is 0 Å². The average molecular weight is 822 g/mol. The molecule has 1 N–H and O–H groups in total. The molecule has 0 bridgehead atoms. The average Bonchev–Trinajstić information content (AvgIpc) is 3.16. The predicted octanol–water partition coefficient (Wildman–Crippen LogP) is 0.262. The van der Waals surface area contributed by atoms with E-state index in [0.717, 1.165) is 0 Å². The fourth-order valence-electron chi connectivity index (χ4n) is 7.36. The third kappa shape index (κ3) is 7.48. The molecule has 25 heteroatoms. The van der Waals surface area contributed by atoms with Crippen molar-refractivity contribution in [2.24, 2.45) is 0 Å². The minimum atomic E-state index is -3.96. The largest absolute Gasteiger partial charge is 0.516 e. The Kier molecular flexibility index (Phi) is 21.7. The summed E-state index contributed by atoms with van der Waals surface area (Å²) in [5.41, 5.74) is 0. The van der Waals surface area contributed by atoms with Crippen molar-refractivity contribution in [3.8, 4) is 0 Å². The lowest BCUT2D eigenvalue weighted by Crippen LogP contribution is -2.81. The lowest BCUT2D eigenvalue weighted by Gasteiger charge is -2.54. The molecule has 0 aromatic carbocycles. The summed E-state index contributed by atoms with van der Waals surface area (Å²) in [6, 6.07) is 0. The molecule has 0 aliphatic rings. The first-order chi connectivity index (χ1) is 23.3. The summed E-state index contributed by atoms with van der Waals surface area (Å²) >= 11 is 0. The van der Waals surface area contributed by atoms with Crippen LogP contribution in [0.25, 0.3) is 0 Å². The van der Waals surface area contributed by atoms with Crippen LogP contribution in [0.2, 0.25) is 8.57 Å². The van der Waals surface area contributed by atoms with Crippen LogP contribution < -0.4 is 5.32 Å². The summed E-state index contributed by atoms with van der Waals surface area (Å²) in [5.74, 6) is 0. The molecule has 49 heavy (non-hydrogen) atoms. The second kappa shape index (κ2) is 21.4. The molecule has 0 heterocycles. The van der Waals surface area contributed by atoms with Crippen LogP contribution in [0.3, 0.4) is 0 Å². The van der Waals surface area contributed by atoms with E-state index in [2.05, 4.69) is 5.32 Å². The molecule has 0 spiro atoms. The summed E-state index contributed by atoms with van der Waals surface area (Å²) in [7, 11) is 2.67. The molecule has 0 amide bonds. The maximum Gasteiger partial charge on any atom is 0.516 e. The summed E-state index contributed by atoms with van der Waals surface area (Å²) in [4.78, 5) is 0. The zero-order valence-electron chi connectivity index (χ0n) is 32.7. The van der Waals surface area contributed by atoms with E-state index in [1.165, 1.54) is 128 Å². The second-order valence-electron chi connectivity index (χ2n) is 10.1. The molecule has 296 valence electrons. The van der Waals surface area contributed by atoms with Gasteiger partial charge < -0.3 is 85.0 Å². The third-order valence-corrected chi connectivity index (χ3v) is 37.8. The molecule has 0 saturated heterocycles. The highest BCUT2D eigenvalue weighted by Gasteiger charge is 2.89. The summed E-state index contributed by atoms with van der Waals surface area (Å²) in [6.45, 7) is 0.447. The molecule has 0 aromatic heterocycles. The topological polar surface area (TPSA) is 178 Å². The van der Waals surface area contributed by atoms with Crippen LogP contribution in [0.5, 0.6) is 0 Å². The van der Waals surface area contributed by atoms with Gasteiger partial charge in [0, 0.05) is 128 Å². The van der Waals surface area contributed by atoms with Crippen molar-refractivity contribution in [1.82, 2.24) is 5.32 Å². The van der Waals surface area contributed by atoms with Gasteiger partial charge in [0.25, 0.3) is 0 Å². The monoisotopic (exact) mass is 821 g/mol. The van der Waals surface area contributed by atoms with E-state index in [9.17, 15) is 0 Å². The van der Waals surface area contributed by atoms with Crippen molar-refractivity contribution in [3.05, 3.63) is 0 Å². The lowest BCUT2D eigenvalue weighted by atomic mass is 10.4. The Labute approximate surface area is 299 Å². The number of hydrogen-bond donors (Lipinski definition) is 1. The highest BCUT2D eigenvalue weighted by atomic mass is 28.5. The molecule has 0 saturated carbocycles. The molecule has 0 radical (unpaired) electrons. The number of rotatable bonds is 30. The Morgan fingerprint density at radius 1 is 0.265 bits per heavy atom. The van der Waals surface area contributed by atoms with Gasteiger partial charge in [-0.2, -0.15) is 0 Å². The van der Waals surface area contributed by atoms with Crippen molar-refractivity contribution >= 4 is 52.8 Å². The van der Waals surface area contributed by atoms with E-state index in [-0.39, 0.29) is 25.9 Å². The van der Waals surface area contributed by atoms with E-state index < -0.39 is 61.4 Å². The molecule has 0 fully saturated rings. The van der Waals surface area contributed by atoms with E-state index in [4.69, 9.17) is 79.7 Å². The van der Waals surface area contributed by atoms with Gasteiger partial charge in [-0.1, -0.05) is 0 Å². The fourth-order valence-corrected chi connectivity index (χ4v) is 39.2. The van der Waals surface area contributed by atoms with Crippen molar-refractivity contribution < 1.29 is 79.7 Å². The highest BCUT2D eigenvalue weighted by molar-refractivity contribution is 7.03. The quantitative estimate of drug-likeness (QED) is 0.0770. The molecule has 0 unspecified atom stereocenters. The normalized spacial score (nSPS) is 14.6. The van der Waals surface area contributed by atoms with E-state index >= 15 is 0 Å². The Balaban J connectivity index is 7.71. The van der Waals surface area contributed by atoms with Gasteiger partial charge in [-0.05, 0) is 25.9 Å². The summed E-state index contributed by atoms with van der Waals surface area (Å²) in [5, 5.41) is 3.50. The van der Waals surface area contributed by atoms with Gasteiger partial charge in [-0.25, -0.2) is 0 Å². The van der Waals surface area contributed by atoms with Gasteiger partial charge in [0.05, 0.1) is 0 Å². The van der Waals surface area contributed by atoms with Crippen LogP contribution in [0.1, 0.15) is 12.8 Å². The first-order valence-corrected chi connectivity index (χ1v) is 25.3. The number of hydrogen-bond acceptors (Lipinski definition) is 19. The summed E-state index contributed by atoms with van der Waals surface area (Å²) in [6.07, 6.45) is 0.269. The predicted molar refractivity (Wildman–Crippen MR) is 188 cm³/mol. The van der Waals surface area contributed by atoms with Crippen LogP contribution in [0, 0.1) is 0 Å². The van der Waals surface area contributed by atoms with E-state index in [0.29, 0.717) is 0 Å². The Bertz CT molecular complexity index is 688. The van der Waals surface area contributed by atoms with Crippen molar-refractivity contribution in [2.45, 2.75) is 21.4 Å². The minimum absolute atomic E-state index is 0.134. The Morgan fingerprint density at radius 2 is 0.388 bits per heavy atom. The van der Waals surface area contributed by atoms with Gasteiger partial charge in [-0.3, -0.25) is 0 Å². The zero-order chi connectivity index (χ0) is 38.3. The van der Waals surface area contributed by atoms with Crippen LogP contribution in [0.4, 0.5) is 0 Å². The van der Waals surface area contributed by atoms with E-state index in [1.54, 1.807) is 0 Å². The maximum absolute atomic E-state index is 6.13. The fraction of sp³-hybridized carbons (Fsp3) is 1.00. The molecule has 0 aliphatic carbocycles. The summed E-state index contributed by atoms with van der Waals surface area (Å²) < 4.78 is 107.